The second-order valence-electron chi connectivity index (χ2n) is 1.90. The third-order valence-corrected chi connectivity index (χ3v) is 1.07. The van der Waals surface area contributed by atoms with Crippen molar-refractivity contribution in [3.63, 3.8) is 0 Å². The van der Waals surface area contributed by atoms with Gasteiger partial charge in [-0.3, -0.25) is 4.79 Å². The van der Waals surface area contributed by atoms with E-state index in [1.807, 2.05) is 0 Å². The first kappa shape index (κ1) is 57.7. The van der Waals surface area contributed by atoms with E-state index in [2.05, 4.69) is 58.7 Å². The molecule has 0 saturated heterocycles. The Morgan fingerprint density at radius 3 is 1.26 bits per heavy atom. The van der Waals surface area contributed by atoms with E-state index in [0.717, 1.165) is 12.8 Å². The predicted molar refractivity (Wildman–Crippen MR) is 61.6 cm³/mol. The fourth-order valence-electron chi connectivity index (χ4n) is 0.577. The van der Waals surface area contributed by atoms with Gasteiger partial charge >= 0.3 is 67.8 Å². The molecule has 0 atom stereocenters. The van der Waals surface area contributed by atoms with Crippen molar-refractivity contribution in [1.29, 1.82) is 0 Å². The van der Waals surface area contributed by atoms with Crippen molar-refractivity contribution < 1.29 is 66.3 Å². The van der Waals surface area contributed by atoms with Crippen molar-refractivity contribution >= 4 is 6.29 Å². The minimum absolute atomic E-state index is 0. The molecular formula is C14H12Co2O7. The Balaban J connectivity index is -0.0000000171. The van der Waals surface area contributed by atoms with Gasteiger partial charge in [-0.05, 0) is 12.3 Å². The van der Waals surface area contributed by atoms with Gasteiger partial charge in [-0.1, -0.05) is 25.7 Å². The molecule has 7 nitrogen and oxygen atoms in total. The number of aldehydes is 1. The van der Waals surface area contributed by atoms with Gasteiger partial charge in [0.1, 0.15) is 0 Å². The first-order valence-corrected chi connectivity index (χ1v) is 4.56. The Morgan fingerprint density at radius 1 is 0.739 bits per heavy atom. The maximum atomic E-state index is 9.66. The third-order valence-electron chi connectivity index (χ3n) is 1.07. The first-order chi connectivity index (χ1) is 10.4. The number of hydrogen-bond donors (Lipinski definition) is 0. The van der Waals surface area contributed by atoms with E-state index in [4.69, 9.17) is 27.9 Å². The van der Waals surface area contributed by atoms with E-state index in [1.54, 1.807) is 0 Å². The van der Waals surface area contributed by atoms with Gasteiger partial charge in [0.05, 0.1) is 0 Å². The molecule has 0 heterocycles. The largest absolute Gasteiger partial charge is 0 e. The summed E-state index contributed by atoms with van der Waals surface area (Å²) in [5.41, 5.74) is 0. The van der Waals surface area contributed by atoms with Crippen LogP contribution in [0.4, 0.5) is 0 Å². The molecule has 2 radical (unpaired) electrons. The van der Waals surface area contributed by atoms with Crippen LogP contribution in [-0.4, -0.2) is 6.29 Å². The van der Waals surface area contributed by atoms with Gasteiger partial charge in [-0.2, -0.15) is 0 Å². The quantitative estimate of drug-likeness (QED) is 0.225. The van der Waals surface area contributed by atoms with Crippen LogP contribution < -0.4 is 0 Å². The Labute approximate surface area is 157 Å². The summed E-state index contributed by atoms with van der Waals surface area (Å²) in [6.07, 6.45) is 5.06. The first-order valence-electron chi connectivity index (χ1n) is 4.56. The zero-order valence-corrected chi connectivity index (χ0v) is 14.0. The van der Waals surface area contributed by atoms with Crippen molar-refractivity contribution in [2.24, 2.45) is 0 Å². The zero-order chi connectivity index (χ0) is 18.9. The summed E-state index contributed by atoms with van der Waals surface area (Å²) in [5, 5.41) is 0. The van der Waals surface area contributed by atoms with Crippen LogP contribution in [0.25, 0.3) is 0 Å². The van der Waals surface area contributed by atoms with E-state index in [0.29, 0.717) is 6.29 Å². The number of carbonyl (C=O) groups excluding carboxylic acids is 1. The molecule has 9 heteroatoms. The van der Waals surface area contributed by atoms with Crippen LogP contribution in [0.2, 0.25) is 0 Å². The van der Waals surface area contributed by atoms with E-state index in [9.17, 15) is 4.79 Å². The minimum Gasteiger partial charge on any atom is 0 e. The Bertz CT molecular complexity index is 284. The fraction of sp³-hybridized carbons (Fsp3) is 0.357. The fourth-order valence-corrected chi connectivity index (χ4v) is 0.577. The van der Waals surface area contributed by atoms with E-state index in [1.165, 1.54) is 12.8 Å². The van der Waals surface area contributed by atoms with Crippen molar-refractivity contribution in [3.05, 3.63) is 39.9 Å². The van der Waals surface area contributed by atoms with E-state index >= 15 is 0 Å². The van der Waals surface area contributed by atoms with Crippen LogP contribution in [0.15, 0.2) is 0 Å². The topological polar surface area (TPSA) is 136 Å². The molecule has 0 rings (SSSR count). The maximum Gasteiger partial charge on any atom is 0 e. The summed E-state index contributed by atoms with van der Waals surface area (Å²) < 4.78 is 45.0. The third kappa shape index (κ3) is 329. The summed E-state index contributed by atoms with van der Waals surface area (Å²) in [7, 11) is 0. The molecule has 0 unspecified atom stereocenters. The molecule has 0 aromatic rings. The van der Waals surface area contributed by atoms with E-state index in [-0.39, 0.29) is 33.6 Å². The van der Waals surface area contributed by atoms with Crippen molar-refractivity contribution in [1.82, 2.24) is 0 Å². The Morgan fingerprint density at radius 2 is 1.04 bits per heavy atom. The van der Waals surface area contributed by atoms with Crippen LogP contribution in [0.3, 0.4) is 0 Å². The average molecular weight is 410 g/mol. The number of hydrogen-bond acceptors (Lipinski definition) is 1. The van der Waals surface area contributed by atoms with Gasteiger partial charge in [-0.15, -0.1) is 0 Å². The van der Waals surface area contributed by atoms with Crippen molar-refractivity contribution in [3.8, 4) is 11.8 Å². The Hall–Kier alpha value is -1.32. The molecule has 0 aromatic carbocycles. The summed E-state index contributed by atoms with van der Waals surface area (Å²) in [5.74, 6) is 5.13. The molecular weight excluding hydrogens is 398 g/mol. The summed E-state index contributed by atoms with van der Waals surface area (Å²) in [6, 6.07) is 0. The van der Waals surface area contributed by atoms with Gasteiger partial charge in [-0.25, -0.2) is 0 Å². The number of carbonyl (C=O) groups is 1. The molecule has 0 aliphatic rings. The molecule has 0 aromatic heterocycles. The average Bonchev–Trinajstić information content (AvgIpc) is 2.65. The normalized spacial score (nSPS) is 3.52. The van der Waals surface area contributed by atoms with Crippen LogP contribution in [0.5, 0.6) is 0 Å². The molecule has 0 amide bonds. The van der Waals surface area contributed by atoms with E-state index < -0.39 is 0 Å². The maximum absolute atomic E-state index is 9.66. The number of unbranched alkanes of at least 4 members (excludes halogenated alkanes) is 3. The minimum atomic E-state index is 0. The second-order valence-corrected chi connectivity index (χ2v) is 1.90. The number of rotatable bonds is 3. The monoisotopic (exact) mass is 410 g/mol. The summed E-state index contributed by atoms with van der Waals surface area (Å²) in [6.45, 7) is 29.1. The van der Waals surface area contributed by atoms with Gasteiger partial charge in [0, 0.05) is 40.0 Å². The second kappa shape index (κ2) is 248. The molecule has 0 N–H and O–H groups in total. The van der Waals surface area contributed by atoms with Crippen LogP contribution >= 0.6 is 0 Å². The molecule has 0 aliphatic heterocycles. The smallest absolute Gasteiger partial charge is 0 e. The van der Waals surface area contributed by atoms with Gasteiger partial charge in [0.25, 0.3) is 0 Å². The molecule has 0 aliphatic carbocycles. The summed E-state index contributed by atoms with van der Waals surface area (Å²) >= 11 is 0. The predicted octanol–water partition coefficient (Wildman–Crippen LogP) is 1.54. The molecule has 128 valence electrons. The van der Waals surface area contributed by atoms with Crippen LogP contribution in [0, 0.1) is 51.7 Å². The van der Waals surface area contributed by atoms with Gasteiger partial charge in [0.2, 0.25) is 0 Å². The molecule has 0 saturated carbocycles. The molecule has 0 bridgehead atoms. The molecule has 0 spiro atoms. The summed E-state index contributed by atoms with van der Waals surface area (Å²) in [4.78, 5) is 9.66. The zero-order valence-electron chi connectivity index (χ0n) is 11.9. The standard InChI is InChI=1S/C8H12O.6CO.2Co/c1-2-3-4-5-6-7-8-9;6*1-2;;/h8H,2-5H2,1H3;;;;;;;;. The van der Waals surface area contributed by atoms with Crippen molar-refractivity contribution in [2.75, 3.05) is 0 Å². The van der Waals surface area contributed by atoms with Gasteiger partial charge in [0.15, 0.2) is 6.29 Å². The molecule has 23 heavy (non-hydrogen) atoms. The van der Waals surface area contributed by atoms with Crippen molar-refractivity contribution in [2.45, 2.75) is 32.6 Å². The van der Waals surface area contributed by atoms with Crippen LogP contribution in [0.1, 0.15) is 32.6 Å². The Kier molecular flexibility index (Phi) is 622. The molecule has 0 fully saturated rings. The van der Waals surface area contributed by atoms with Gasteiger partial charge < -0.3 is 0 Å². The SMILES string of the molecule is CCCCCC#CC=O.[C-]#[O+].[C-]#[O+].[C-]#[O+].[C-]#[O+].[C-]#[O+].[C-]#[O+].[Co].[Co]. The van der Waals surface area contributed by atoms with Crippen LogP contribution in [-0.2, 0) is 66.3 Å².